The molecule has 2 heteroatoms. The lowest BCUT2D eigenvalue weighted by Crippen LogP contribution is -2.26. The molecule has 0 heterocycles. The van der Waals surface area contributed by atoms with Crippen molar-refractivity contribution in [1.29, 1.82) is 0 Å². The van der Waals surface area contributed by atoms with Gasteiger partial charge in [-0.3, -0.25) is 0 Å². The van der Waals surface area contributed by atoms with Crippen LogP contribution in [-0.2, 0) is 12.2 Å². The lowest BCUT2D eigenvalue weighted by atomic mass is 9.87. The van der Waals surface area contributed by atoms with Crippen molar-refractivity contribution in [3.8, 4) is 0 Å². The Morgan fingerprint density at radius 3 is 2.77 bits per heavy atom. The fourth-order valence-corrected chi connectivity index (χ4v) is 4.35. The van der Waals surface area contributed by atoms with Gasteiger partial charge in [-0.15, -0.1) is 11.8 Å². The Kier molecular flexibility index (Phi) is 5.58. The van der Waals surface area contributed by atoms with E-state index in [-0.39, 0.29) is 0 Å². The van der Waals surface area contributed by atoms with Gasteiger partial charge < -0.3 is 5.32 Å². The van der Waals surface area contributed by atoms with E-state index in [1.165, 1.54) is 36.1 Å². The molecule has 0 bridgehead atoms. The molecule has 2 aromatic rings. The van der Waals surface area contributed by atoms with Crippen LogP contribution in [0.1, 0.15) is 48.9 Å². The standard InChI is InChI=1S/C20H25NS/c1-2-14-21-18-12-6-10-17-11-7-13-19(20(17)18)22-15-16-8-4-3-5-9-16/h3-5,7-9,11,13,18,21H,2,6,10,12,14-15H2,1H3. The van der Waals surface area contributed by atoms with Crippen molar-refractivity contribution in [1.82, 2.24) is 5.32 Å². The molecule has 0 saturated carbocycles. The van der Waals surface area contributed by atoms with Crippen LogP contribution >= 0.6 is 11.8 Å². The Morgan fingerprint density at radius 2 is 1.95 bits per heavy atom. The second-order valence-electron chi connectivity index (χ2n) is 6.00. The van der Waals surface area contributed by atoms with Crippen LogP contribution in [0.15, 0.2) is 53.4 Å². The molecule has 3 rings (SSSR count). The molecule has 1 atom stereocenters. The van der Waals surface area contributed by atoms with Gasteiger partial charge in [0.05, 0.1) is 0 Å². The topological polar surface area (TPSA) is 12.0 Å². The number of nitrogens with one attached hydrogen (secondary N) is 1. The number of hydrogen-bond acceptors (Lipinski definition) is 2. The second kappa shape index (κ2) is 7.85. The zero-order chi connectivity index (χ0) is 15.2. The maximum atomic E-state index is 3.75. The van der Waals surface area contributed by atoms with Crippen LogP contribution in [-0.4, -0.2) is 6.54 Å². The van der Waals surface area contributed by atoms with Gasteiger partial charge in [0.25, 0.3) is 0 Å². The fourth-order valence-electron chi connectivity index (χ4n) is 3.23. The average Bonchev–Trinajstić information content (AvgIpc) is 2.59. The predicted octanol–water partition coefficient (Wildman–Crippen LogP) is 5.36. The molecule has 1 aliphatic carbocycles. The molecule has 0 amide bonds. The largest absolute Gasteiger partial charge is 0.310 e. The third kappa shape index (κ3) is 3.74. The Bertz CT molecular complexity index is 594. The number of benzene rings is 2. The molecular formula is C20H25NS. The van der Waals surface area contributed by atoms with Crippen molar-refractivity contribution in [2.24, 2.45) is 0 Å². The molecule has 0 saturated heterocycles. The van der Waals surface area contributed by atoms with Crippen LogP contribution in [0.5, 0.6) is 0 Å². The second-order valence-corrected chi connectivity index (χ2v) is 7.02. The van der Waals surface area contributed by atoms with Gasteiger partial charge in [-0.2, -0.15) is 0 Å². The minimum absolute atomic E-state index is 0.545. The van der Waals surface area contributed by atoms with E-state index < -0.39 is 0 Å². The minimum atomic E-state index is 0.545. The highest BCUT2D eigenvalue weighted by Crippen LogP contribution is 2.38. The zero-order valence-electron chi connectivity index (χ0n) is 13.3. The van der Waals surface area contributed by atoms with Crippen molar-refractivity contribution in [3.63, 3.8) is 0 Å². The first kappa shape index (κ1) is 15.6. The molecule has 0 aliphatic heterocycles. The summed E-state index contributed by atoms with van der Waals surface area (Å²) in [5, 5.41) is 3.75. The van der Waals surface area contributed by atoms with Gasteiger partial charge in [-0.05, 0) is 55.0 Å². The molecular weight excluding hydrogens is 286 g/mol. The first-order chi connectivity index (χ1) is 10.9. The van der Waals surface area contributed by atoms with Gasteiger partial charge >= 0.3 is 0 Å². The van der Waals surface area contributed by atoms with Crippen LogP contribution in [0.2, 0.25) is 0 Å². The summed E-state index contributed by atoms with van der Waals surface area (Å²) in [4.78, 5) is 1.47. The Hall–Kier alpha value is -1.25. The third-order valence-electron chi connectivity index (χ3n) is 4.32. The summed E-state index contributed by atoms with van der Waals surface area (Å²) in [6.45, 7) is 3.36. The van der Waals surface area contributed by atoms with E-state index in [2.05, 4.69) is 60.8 Å². The molecule has 1 N–H and O–H groups in total. The van der Waals surface area contributed by atoms with E-state index in [1.807, 2.05) is 11.8 Å². The highest BCUT2D eigenvalue weighted by Gasteiger charge is 2.22. The summed E-state index contributed by atoms with van der Waals surface area (Å²) >= 11 is 1.99. The molecule has 1 unspecified atom stereocenters. The van der Waals surface area contributed by atoms with E-state index in [0.29, 0.717) is 6.04 Å². The normalized spacial score (nSPS) is 17.2. The van der Waals surface area contributed by atoms with Crippen LogP contribution in [0, 0.1) is 0 Å². The number of rotatable bonds is 6. The van der Waals surface area contributed by atoms with Crippen molar-refractivity contribution >= 4 is 11.8 Å². The fraction of sp³-hybridized carbons (Fsp3) is 0.400. The summed E-state index contributed by atoms with van der Waals surface area (Å²) in [6, 6.07) is 18.2. The maximum Gasteiger partial charge on any atom is 0.0334 e. The lowest BCUT2D eigenvalue weighted by Gasteiger charge is -2.28. The van der Waals surface area contributed by atoms with Gasteiger partial charge in [0, 0.05) is 16.7 Å². The molecule has 0 radical (unpaired) electrons. The van der Waals surface area contributed by atoms with Gasteiger partial charge in [0.1, 0.15) is 0 Å². The minimum Gasteiger partial charge on any atom is -0.310 e. The zero-order valence-corrected chi connectivity index (χ0v) is 14.2. The SMILES string of the molecule is CCCNC1CCCc2cccc(SCc3ccccc3)c21. The van der Waals surface area contributed by atoms with Crippen LogP contribution in [0.4, 0.5) is 0 Å². The summed E-state index contributed by atoms with van der Waals surface area (Å²) in [6.07, 6.45) is 5.02. The van der Waals surface area contributed by atoms with E-state index >= 15 is 0 Å². The van der Waals surface area contributed by atoms with Crippen molar-refractivity contribution < 1.29 is 0 Å². The van der Waals surface area contributed by atoms with Gasteiger partial charge in [-0.1, -0.05) is 49.4 Å². The van der Waals surface area contributed by atoms with E-state index in [9.17, 15) is 0 Å². The van der Waals surface area contributed by atoms with Crippen molar-refractivity contribution in [2.45, 2.75) is 49.3 Å². The number of hydrogen-bond donors (Lipinski definition) is 1. The van der Waals surface area contributed by atoms with Crippen LogP contribution in [0.3, 0.4) is 0 Å². The highest BCUT2D eigenvalue weighted by molar-refractivity contribution is 7.98. The summed E-state index contributed by atoms with van der Waals surface area (Å²) < 4.78 is 0. The lowest BCUT2D eigenvalue weighted by molar-refractivity contribution is 0.454. The van der Waals surface area contributed by atoms with Crippen molar-refractivity contribution in [2.75, 3.05) is 6.54 Å². The monoisotopic (exact) mass is 311 g/mol. The van der Waals surface area contributed by atoms with Gasteiger partial charge in [-0.25, -0.2) is 0 Å². The molecule has 116 valence electrons. The maximum absolute atomic E-state index is 3.75. The summed E-state index contributed by atoms with van der Waals surface area (Å²) in [5.41, 5.74) is 4.53. The molecule has 1 aliphatic rings. The third-order valence-corrected chi connectivity index (χ3v) is 5.47. The highest BCUT2D eigenvalue weighted by atomic mass is 32.2. The molecule has 1 nitrogen and oxygen atoms in total. The van der Waals surface area contributed by atoms with E-state index in [1.54, 1.807) is 11.1 Å². The first-order valence-electron chi connectivity index (χ1n) is 8.40. The molecule has 0 spiro atoms. The number of thioether (sulfide) groups is 1. The Morgan fingerprint density at radius 1 is 1.09 bits per heavy atom. The van der Waals surface area contributed by atoms with Crippen LogP contribution in [0.25, 0.3) is 0 Å². The molecule has 0 fully saturated rings. The van der Waals surface area contributed by atoms with Gasteiger partial charge in [0.2, 0.25) is 0 Å². The molecule has 22 heavy (non-hydrogen) atoms. The van der Waals surface area contributed by atoms with Gasteiger partial charge in [0.15, 0.2) is 0 Å². The van der Waals surface area contributed by atoms with Crippen LogP contribution < -0.4 is 5.32 Å². The Labute approximate surface area is 138 Å². The quantitative estimate of drug-likeness (QED) is 0.721. The van der Waals surface area contributed by atoms with E-state index in [0.717, 1.165) is 12.3 Å². The van der Waals surface area contributed by atoms with E-state index in [4.69, 9.17) is 0 Å². The predicted molar refractivity (Wildman–Crippen MR) is 96.4 cm³/mol. The number of aryl methyl sites for hydroxylation is 1. The Balaban J connectivity index is 1.79. The number of fused-ring (bicyclic) bond motifs is 1. The molecule has 2 aromatic carbocycles. The average molecular weight is 311 g/mol. The molecule has 0 aromatic heterocycles. The van der Waals surface area contributed by atoms with Crippen molar-refractivity contribution in [3.05, 3.63) is 65.2 Å². The first-order valence-corrected chi connectivity index (χ1v) is 9.39. The summed E-state index contributed by atoms with van der Waals surface area (Å²) in [7, 11) is 0. The summed E-state index contributed by atoms with van der Waals surface area (Å²) in [5.74, 6) is 1.05. The smallest absolute Gasteiger partial charge is 0.0334 e.